The van der Waals surface area contributed by atoms with Gasteiger partial charge < -0.3 is 15.2 Å². The van der Waals surface area contributed by atoms with Crippen molar-refractivity contribution in [1.29, 1.82) is 0 Å². The zero-order valence-corrected chi connectivity index (χ0v) is 7.91. The van der Waals surface area contributed by atoms with Crippen molar-refractivity contribution in [3.05, 3.63) is 32.5 Å². The molecule has 1 rings (SSSR count). The summed E-state index contributed by atoms with van der Waals surface area (Å²) >= 11 is 5.43. The Kier molecular flexibility index (Phi) is 3.48. The van der Waals surface area contributed by atoms with Crippen molar-refractivity contribution < 1.29 is 18.8 Å². The van der Waals surface area contributed by atoms with Crippen LogP contribution in [0, 0.1) is 10.1 Å². The van der Waals surface area contributed by atoms with Crippen molar-refractivity contribution in [2.75, 3.05) is 0 Å². The van der Waals surface area contributed by atoms with Crippen molar-refractivity contribution in [2.24, 2.45) is 0 Å². The molecule has 0 atom stereocenters. The molecule has 0 fully saturated rings. The average molecular weight is 239 g/mol. The van der Waals surface area contributed by atoms with Gasteiger partial charge in [0.15, 0.2) is 0 Å². The second kappa shape index (κ2) is 4.45. The van der Waals surface area contributed by atoms with Crippen molar-refractivity contribution in [3.8, 4) is 0 Å². The summed E-state index contributed by atoms with van der Waals surface area (Å²) in [5.41, 5.74) is -0.925. The number of hydrogen-bond acceptors (Lipinski definition) is 4. The van der Waals surface area contributed by atoms with E-state index >= 15 is 0 Å². The third kappa shape index (κ3) is 2.37. The first-order chi connectivity index (χ1) is 6.97. The summed E-state index contributed by atoms with van der Waals surface area (Å²) in [4.78, 5) is 12.5. The highest BCUT2D eigenvalue weighted by atomic mass is 35.5. The van der Waals surface area contributed by atoms with Crippen molar-refractivity contribution in [2.45, 2.75) is 13.0 Å². The lowest BCUT2D eigenvalue weighted by Crippen LogP contribution is -2.02. The molecule has 8 heteroatoms. The number of hydrogen-bond donors (Lipinski definition) is 1. The molecule has 0 aliphatic heterocycles. The van der Waals surface area contributed by atoms with Gasteiger partial charge in [-0.05, 0) is 27.6 Å². The van der Waals surface area contributed by atoms with E-state index in [9.17, 15) is 18.9 Å². The van der Waals surface area contributed by atoms with Crippen LogP contribution in [0.1, 0.15) is 17.6 Å². The van der Waals surface area contributed by atoms with Gasteiger partial charge in [0.2, 0.25) is 5.15 Å². The Morgan fingerprint density at radius 1 is 1.67 bits per heavy atom. The molecule has 0 aliphatic carbocycles. The smallest absolute Gasteiger partial charge is 0.374 e. The molecule has 1 N–H and O–H groups in total. The number of aromatic nitrogens is 1. The Balaban J connectivity index is 3.38. The summed E-state index contributed by atoms with van der Waals surface area (Å²) in [6, 6.07) is 0.776. The molecule has 1 heterocycles. The quantitative estimate of drug-likeness (QED) is 0.497. The van der Waals surface area contributed by atoms with Gasteiger partial charge in [0.25, 0.3) is 6.43 Å². The molecule has 0 amide bonds. The maximum atomic E-state index is 12.4. The minimum Gasteiger partial charge on any atom is -0.391 e. The van der Waals surface area contributed by atoms with Crippen LogP contribution in [0.2, 0.25) is 5.15 Å². The van der Waals surface area contributed by atoms with E-state index in [-0.39, 0.29) is 10.7 Å². The van der Waals surface area contributed by atoms with E-state index in [1.807, 2.05) is 0 Å². The number of nitrogens with zero attached hydrogens (tertiary/aromatic N) is 2. The Morgan fingerprint density at radius 2 is 2.27 bits per heavy atom. The summed E-state index contributed by atoms with van der Waals surface area (Å²) in [5, 5.41) is 18.7. The fourth-order valence-electron chi connectivity index (χ4n) is 0.959. The van der Waals surface area contributed by atoms with E-state index in [1.165, 1.54) is 0 Å². The van der Waals surface area contributed by atoms with Gasteiger partial charge in [-0.15, -0.1) is 0 Å². The number of aliphatic hydroxyl groups is 1. The highest BCUT2D eigenvalue weighted by Crippen LogP contribution is 2.30. The predicted octanol–water partition coefficient (Wildman–Crippen LogP) is 2.07. The van der Waals surface area contributed by atoms with Crippen molar-refractivity contribution >= 4 is 17.4 Å². The van der Waals surface area contributed by atoms with Crippen LogP contribution in [-0.2, 0) is 6.61 Å². The highest BCUT2D eigenvalue weighted by Gasteiger charge is 2.26. The van der Waals surface area contributed by atoms with Crippen LogP contribution in [0.5, 0.6) is 0 Å². The molecule has 0 saturated heterocycles. The number of nitro groups is 1. The lowest BCUT2D eigenvalue weighted by atomic mass is 10.2. The number of rotatable bonds is 3. The molecule has 15 heavy (non-hydrogen) atoms. The molecule has 0 spiro atoms. The Morgan fingerprint density at radius 3 is 2.67 bits per heavy atom. The van der Waals surface area contributed by atoms with Gasteiger partial charge >= 0.3 is 5.82 Å². The molecule has 1 aromatic heterocycles. The molecular formula is C7H5ClF2N2O3. The zero-order chi connectivity index (χ0) is 11.6. The van der Waals surface area contributed by atoms with Crippen LogP contribution >= 0.6 is 11.6 Å². The maximum Gasteiger partial charge on any atom is 0.374 e. The van der Waals surface area contributed by atoms with Gasteiger partial charge in [0.1, 0.15) is 5.56 Å². The topological polar surface area (TPSA) is 76.3 Å². The Labute approximate surface area is 87.5 Å². The van der Waals surface area contributed by atoms with Crippen LogP contribution < -0.4 is 0 Å². The normalized spacial score (nSPS) is 10.7. The SMILES string of the molecule is O=[N+]([O-])c1nc(Cl)c(CO)cc1C(F)F. The summed E-state index contributed by atoms with van der Waals surface area (Å²) in [7, 11) is 0. The summed E-state index contributed by atoms with van der Waals surface area (Å²) < 4.78 is 24.7. The fraction of sp³-hybridized carbons (Fsp3) is 0.286. The molecule has 82 valence electrons. The average Bonchev–Trinajstić information content (AvgIpc) is 2.16. The molecule has 0 bridgehead atoms. The Bertz CT molecular complexity index is 400. The first-order valence-electron chi connectivity index (χ1n) is 3.70. The first-order valence-corrected chi connectivity index (χ1v) is 4.08. The molecule has 0 unspecified atom stereocenters. The third-order valence-corrected chi connectivity index (χ3v) is 1.96. The van der Waals surface area contributed by atoms with E-state index in [4.69, 9.17) is 16.7 Å². The van der Waals surface area contributed by atoms with Crippen LogP contribution in [0.15, 0.2) is 6.07 Å². The van der Waals surface area contributed by atoms with Crippen LogP contribution in [0.25, 0.3) is 0 Å². The van der Waals surface area contributed by atoms with E-state index in [2.05, 4.69) is 4.98 Å². The van der Waals surface area contributed by atoms with Gasteiger partial charge in [0.05, 0.1) is 6.61 Å². The van der Waals surface area contributed by atoms with Crippen LogP contribution in [-0.4, -0.2) is 15.0 Å². The van der Waals surface area contributed by atoms with E-state index in [0.29, 0.717) is 0 Å². The molecule has 5 nitrogen and oxygen atoms in total. The standard InChI is InChI=1S/C7H5ClF2N2O3/c8-5-3(2-13)1-4(6(9)10)7(11-5)12(14)15/h1,6,13H,2H2. The lowest BCUT2D eigenvalue weighted by Gasteiger charge is -2.03. The second-order valence-corrected chi connectivity index (χ2v) is 2.93. The highest BCUT2D eigenvalue weighted by molar-refractivity contribution is 6.30. The minimum atomic E-state index is -3.04. The molecular weight excluding hydrogens is 234 g/mol. The van der Waals surface area contributed by atoms with Gasteiger partial charge in [0, 0.05) is 5.56 Å². The van der Waals surface area contributed by atoms with Crippen molar-refractivity contribution in [1.82, 2.24) is 4.98 Å². The number of alkyl halides is 2. The van der Waals surface area contributed by atoms with E-state index < -0.39 is 29.3 Å². The van der Waals surface area contributed by atoms with Gasteiger partial charge in [-0.2, -0.15) is 0 Å². The van der Waals surface area contributed by atoms with Gasteiger partial charge in [-0.1, -0.05) is 0 Å². The van der Waals surface area contributed by atoms with Gasteiger partial charge in [-0.3, -0.25) is 0 Å². The second-order valence-electron chi connectivity index (χ2n) is 2.57. The van der Waals surface area contributed by atoms with E-state index in [1.54, 1.807) is 0 Å². The first kappa shape index (κ1) is 11.7. The molecule has 0 saturated carbocycles. The van der Waals surface area contributed by atoms with Crippen LogP contribution in [0.3, 0.4) is 0 Å². The lowest BCUT2D eigenvalue weighted by molar-refractivity contribution is -0.391. The zero-order valence-electron chi connectivity index (χ0n) is 7.15. The van der Waals surface area contributed by atoms with Gasteiger partial charge in [-0.25, -0.2) is 8.78 Å². The van der Waals surface area contributed by atoms with Crippen LogP contribution in [0.4, 0.5) is 14.6 Å². The molecule has 1 aromatic rings. The van der Waals surface area contributed by atoms with E-state index in [0.717, 1.165) is 6.07 Å². The number of pyridine rings is 1. The predicted molar refractivity (Wildman–Crippen MR) is 46.8 cm³/mol. The maximum absolute atomic E-state index is 12.4. The molecule has 0 radical (unpaired) electrons. The third-order valence-electron chi connectivity index (χ3n) is 1.64. The molecule has 0 aliphatic rings. The summed E-state index contributed by atoms with van der Waals surface area (Å²) in [5.74, 6) is -0.993. The monoisotopic (exact) mass is 238 g/mol. The molecule has 0 aromatic carbocycles. The van der Waals surface area contributed by atoms with Crippen molar-refractivity contribution in [3.63, 3.8) is 0 Å². The summed E-state index contributed by atoms with van der Waals surface area (Å²) in [6.45, 7) is -0.608. The summed E-state index contributed by atoms with van der Waals surface area (Å²) in [6.07, 6.45) is -3.04. The fourth-order valence-corrected chi connectivity index (χ4v) is 1.15. The minimum absolute atomic E-state index is 0.0717. The number of halogens is 3. The largest absolute Gasteiger partial charge is 0.391 e. The Hall–Kier alpha value is -1.34. The number of aliphatic hydroxyl groups excluding tert-OH is 1.